The maximum Gasteiger partial charge on any atom is 0.159 e. The summed E-state index contributed by atoms with van der Waals surface area (Å²) in [6.45, 7) is 3.27. The summed E-state index contributed by atoms with van der Waals surface area (Å²) in [4.78, 5) is 5.40. The Morgan fingerprint density at radius 2 is 2.06 bits per heavy atom. The van der Waals surface area contributed by atoms with Gasteiger partial charge in [-0.1, -0.05) is 13.0 Å². The van der Waals surface area contributed by atoms with Gasteiger partial charge in [0.2, 0.25) is 0 Å². The molecule has 0 atom stereocenters. The van der Waals surface area contributed by atoms with E-state index in [2.05, 4.69) is 17.2 Å². The van der Waals surface area contributed by atoms with Gasteiger partial charge < -0.3 is 5.32 Å². The Hall–Kier alpha value is -1.33. The number of hydrogen-bond donors (Lipinski definition) is 1. The van der Waals surface area contributed by atoms with Crippen molar-refractivity contribution in [3.8, 4) is 0 Å². The molecule has 2 nitrogen and oxygen atoms in total. The van der Waals surface area contributed by atoms with Gasteiger partial charge in [-0.3, -0.25) is 0 Å². The summed E-state index contributed by atoms with van der Waals surface area (Å²) >= 11 is 1.67. The van der Waals surface area contributed by atoms with Crippen LogP contribution in [0.5, 0.6) is 0 Å². The summed E-state index contributed by atoms with van der Waals surface area (Å²) in [5.41, 5.74) is 0.731. The number of nitrogens with zero attached hydrogens (tertiary/aromatic N) is 1. The van der Waals surface area contributed by atoms with Crippen LogP contribution in [0.4, 0.5) is 8.78 Å². The van der Waals surface area contributed by atoms with E-state index in [1.54, 1.807) is 17.4 Å². The fourth-order valence-corrected chi connectivity index (χ4v) is 2.40. The van der Waals surface area contributed by atoms with E-state index in [4.69, 9.17) is 0 Å². The van der Waals surface area contributed by atoms with Crippen LogP contribution in [0.3, 0.4) is 0 Å². The topological polar surface area (TPSA) is 24.9 Å². The molecule has 0 saturated carbocycles. The average Bonchev–Trinajstić information content (AvgIpc) is 2.82. The molecule has 0 radical (unpaired) electrons. The van der Waals surface area contributed by atoms with Crippen LogP contribution in [0.25, 0.3) is 0 Å². The lowest BCUT2D eigenvalue weighted by atomic mass is 10.2. The van der Waals surface area contributed by atoms with Crippen molar-refractivity contribution < 1.29 is 8.78 Å². The third kappa shape index (κ3) is 3.34. The summed E-state index contributed by atoms with van der Waals surface area (Å²) < 4.78 is 25.7. The minimum Gasteiger partial charge on any atom is -0.308 e. The van der Waals surface area contributed by atoms with Crippen LogP contribution in [0.1, 0.15) is 22.4 Å². The van der Waals surface area contributed by atoms with Crippen molar-refractivity contribution in [2.75, 3.05) is 0 Å². The molecule has 2 rings (SSSR count). The molecule has 0 aliphatic heterocycles. The molecule has 0 bridgehead atoms. The van der Waals surface area contributed by atoms with E-state index >= 15 is 0 Å². The summed E-state index contributed by atoms with van der Waals surface area (Å²) in [6, 6.07) is 3.94. The zero-order chi connectivity index (χ0) is 13.0. The lowest BCUT2D eigenvalue weighted by Gasteiger charge is -2.03. The number of benzene rings is 1. The molecule has 0 spiro atoms. The smallest absolute Gasteiger partial charge is 0.159 e. The Bertz CT molecular complexity index is 525. The molecule has 1 N–H and O–H groups in total. The first-order valence-corrected chi connectivity index (χ1v) is 6.59. The monoisotopic (exact) mass is 268 g/mol. The standard InChI is InChI=1S/C13H14F2N2S/c1-2-13-17-8-10(18-13)7-16-6-9-3-4-11(14)12(15)5-9/h3-5,8,16H,2,6-7H2,1H3. The van der Waals surface area contributed by atoms with Gasteiger partial charge >= 0.3 is 0 Å². The molecule has 18 heavy (non-hydrogen) atoms. The summed E-state index contributed by atoms with van der Waals surface area (Å²) in [5, 5.41) is 4.29. The average molecular weight is 268 g/mol. The van der Waals surface area contributed by atoms with Crippen LogP contribution in [0, 0.1) is 11.6 Å². The lowest BCUT2D eigenvalue weighted by molar-refractivity contribution is 0.506. The second-order valence-electron chi connectivity index (χ2n) is 3.93. The molecule has 0 aliphatic carbocycles. The van der Waals surface area contributed by atoms with Gasteiger partial charge in [-0.2, -0.15) is 0 Å². The Balaban J connectivity index is 1.86. The molecule has 2 aromatic rings. The van der Waals surface area contributed by atoms with Gasteiger partial charge in [0.25, 0.3) is 0 Å². The molecule has 5 heteroatoms. The fourth-order valence-electron chi connectivity index (χ4n) is 1.57. The van der Waals surface area contributed by atoms with Gasteiger partial charge in [0.1, 0.15) is 0 Å². The number of halogens is 2. The number of rotatable bonds is 5. The third-order valence-corrected chi connectivity index (χ3v) is 3.66. The molecule has 0 aliphatic rings. The fraction of sp³-hybridized carbons (Fsp3) is 0.308. The van der Waals surface area contributed by atoms with Gasteiger partial charge in [0, 0.05) is 24.2 Å². The van der Waals surface area contributed by atoms with E-state index in [-0.39, 0.29) is 0 Å². The predicted octanol–water partition coefficient (Wildman–Crippen LogP) is 3.27. The van der Waals surface area contributed by atoms with Crippen molar-refractivity contribution in [3.05, 3.63) is 51.5 Å². The maximum absolute atomic E-state index is 13.0. The summed E-state index contributed by atoms with van der Waals surface area (Å²) in [5.74, 6) is -1.62. The van der Waals surface area contributed by atoms with Gasteiger partial charge in [0.05, 0.1) is 5.01 Å². The van der Waals surface area contributed by atoms with Crippen molar-refractivity contribution in [1.29, 1.82) is 0 Å². The Kier molecular flexibility index (Phi) is 4.38. The zero-order valence-corrected chi connectivity index (χ0v) is 10.9. The first kappa shape index (κ1) is 13.1. The molecule has 1 heterocycles. The van der Waals surface area contributed by atoms with E-state index in [9.17, 15) is 8.78 Å². The Morgan fingerprint density at radius 1 is 1.22 bits per heavy atom. The minimum atomic E-state index is -0.811. The molecular weight excluding hydrogens is 254 g/mol. The lowest BCUT2D eigenvalue weighted by Crippen LogP contribution is -2.12. The zero-order valence-electron chi connectivity index (χ0n) is 10.0. The van der Waals surface area contributed by atoms with E-state index in [1.807, 2.05) is 6.20 Å². The van der Waals surface area contributed by atoms with Crippen molar-refractivity contribution >= 4 is 11.3 Å². The molecule has 0 saturated heterocycles. The van der Waals surface area contributed by atoms with E-state index in [0.29, 0.717) is 13.1 Å². The number of hydrogen-bond acceptors (Lipinski definition) is 3. The van der Waals surface area contributed by atoms with Gasteiger partial charge in [-0.25, -0.2) is 13.8 Å². The van der Waals surface area contributed by atoms with E-state index < -0.39 is 11.6 Å². The van der Waals surface area contributed by atoms with Gasteiger partial charge in [0.15, 0.2) is 11.6 Å². The number of aromatic nitrogens is 1. The van der Waals surface area contributed by atoms with Crippen molar-refractivity contribution in [3.63, 3.8) is 0 Å². The Labute approximate surface area is 109 Å². The van der Waals surface area contributed by atoms with E-state index in [0.717, 1.165) is 27.9 Å². The minimum absolute atomic E-state index is 0.510. The molecular formula is C13H14F2N2S. The Morgan fingerprint density at radius 3 is 2.72 bits per heavy atom. The van der Waals surface area contributed by atoms with Crippen molar-refractivity contribution in [1.82, 2.24) is 10.3 Å². The molecule has 1 aromatic heterocycles. The van der Waals surface area contributed by atoms with Crippen LogP contribution in [-0.2, 0) is 19.5 Å². The highest BCUT2D eigenvalue weighted by atomic mass is 32.1. The van der Waals surface area contributed by atoms with Crippen LogP contribution in [0.15, 0.2) is 24.4 Å². The van der Waals surface area contributed by atoms with Crippen LogP contribution in [0.2, 0.25) is 0 Å². The first-order chi connectivity index (χ1) is 8.69. The number of thiazole rings is 1. The van der Waals surface area contributed by atoms with E-state index in [1.165, 1.54) is 6.07 Å². The van der Waals surface area contributed by atoms with Gasteiger partial charge in [-0.05, 0) is 24.1 Å². The molecule has 96 valence electrons. The van der Waals surface area contributed by atoms with Crippen LogP contribution >= 0.6 is 11.3 Å². The molecule has 1 aromatic carbocycles. The largest absolute Gasteiger partial charge is 0.308 e. The third-order valence-electron chi connectivity index (χ3n) is 2.52. The maximum atomic E-state index is 13.0. The highest BCUT2D eigenvalue weighted by Gasteiger charge is 2.03. The molecule has 0 fully saturated rings. The summed E-state index contributed by atoms with van der Waals surface area (Å²) in [6.07, 6.45) is 2.79. The second-order valence-corrected chi connectivity index (χ2v) is 5.13. The highest BCUT2D eigenvalue weighted by Crippen LogP contribution is 2.13. The van der Waals surface area contributed by atoms with Crippen LogP contribution in [-0.4, -0.2) is 4.98 Å². The molecule has 0 amide bonds. The number of aryl methyl sites for hydroxylation is 1. The van der Waals surface area contributed by atoms with Crippen molar-refractivity contribution in [2.24, 2.45) is 0 Å². The quantitative estimate of drug-likeness (QED) is 0.900. The normalized spacial score (nSPS) is 10.8. The van der Waals surface area contributed by atoms with Crippen LogP contribution < -0.4 is 5.32 Å². The second kappa shape index (κ2) is 6.02. The first-order valence-electron chi connectivity index (χ1n) is 5.77. The number of nitrogens with one attached hydrogen (secondary N) is 1. The molecule has 0 unspecified atom stereocenters. The summed E-state index contributed by atoms with van der Waals surface area (Å²) in [7, 11) is 0. The SMILES string of the molecule is CCc1ncc(CNCc2ccc(F)c(F)c2)s1. The van der Waals surface area contributed by atoms with Crippen molar-refractivity contribution in [2.45, 2.75) is 26.4 Å². The predicted molar refractivity (Wildman–Crippen MR) is 68.4 cm³/mol. The van der Waals surface area contributed by atoms with Gasteiger partial charge in [-0.15, -0.1) is 11.3 Å². The highest BCUT2D eigenvalue weighted by molar-refractivity contribution is 7.11.